The van der Waals surface area contributed by atoms with E-state index in [0.717, 1.165) is 11.4 Å². The fourth-order valence-corrected chi connectivity index (χ4v) is 3.40. The number of fused-ring (bicyclic) bond motifs is 1. The number of carbonyl (C=O) groups is 2. The average Bonchev–Trinajstić information content (AvgIpc) is 2.99. The van der Waals surface area contributed by atoms with Crippen molar-refractivity contribution in [3.63, 3.8) is 0 Å². The lowest BCUT2D eigenvalue weighted by Gasteiger charge is -2.11. The summed E-state index contributed by atoms with van der Waals surface area (Å²) < 4.78 is 12.1. The lowest BCUT2D eigenvalue weighted by molar-refractivity contribution is 0.0523. The quantitative estimate of drug-likeness (QED) is 0.489. The van der Waals surface area contributed by atoms with Crippen LogP contribution in [-0.2, 0) is 16.0 Å². The van der Waals surface area contributed by atoms with E-state index >= 15 is 0 Å². The molecule has 0 saturated heterocycles. The fourth-order valence-electron chi connectivity index (χ4n) is 3.40. The molecule has 0 aliphatic carbocycles. The van der Waals surface area contributed by atoms with Gasteiger partial charge in [0.25, 0.3) is 0 Å². The summed E-state index contributed by atoms with van der Waals surface area (Å²) in [6.07, 6.45) is 0. The van der Waals surface area contributed by atoms with E-state index in [4.69, 9.17) is 14.5 Å². The normalized spacial score (nSPS) is 10.7. The first kappa shape index (κ1) is 25.1. The lowest BCUT2D eigenvalue weighted by Crippen LogP contribution is -2.22. The third-order valence-corrected chi connectivity index (χ3v) is 4.81. The molecule has 32 heavy (non-hydrogen) atoms. The number of carbonyl (C=O) groups excluding carboxylic acids is 2. The van der Waals surface area contributed by atoms with Crippen LogP contribution in [0.15, 0.2) is 47.3 Å². The standard InChI is InChI=1S/C24H26N2O5.ClH/c1-5-30-23(28)17-12-19-20(13-18(21(17)27)24(29)31-6-2)26(22(25-19)15(3)4)14-16-10-8-7-9-11-16;/h7-13,15H,5-6,14H2,1-4H3;1H. The third-order valence-electron chi connectivity index (χ3n) is 4.81. The Balaban J connectivity index is 0.00000363. The number of aromatic nitrogens is 2. The molecule has 0 radical (unpaired) electrons. The largest absolute Gasteiger partial charge is 0.462 e. The highest BCUT2D eigenvalue weighted by Gasteiger charge is 2.23. The van der Waals surface area contributed by atoms with Crippen molar-refractivity contribution in [3.8, 4) is 0 Å². The summed E-state index contributed by atoms with van der Waals surface area (Å²) in [6, 6.07) is 12.7. The molecule has 0 fully saturated rings. The first-order valence-corrected chi connectivity index (χ1v) is 10.3. The summed E-state index contributed by atoms with van der Waals surface area (Å²) in [4.78, 5) is 42.8. The van der Waals surface area contributed by atoms with Gasteiger partial charge >= 0.3 is 11.9 Å². The first-order valence-electron chi connectivity index (χ1n) is 10.3. The predicted octanol–water partition coefficient (Wildman–Crippen LogP) is 4.34. The molecule has 8 heteroatoms. The van der Waals surface area contributed by atoms with E-state index in [1.54, 1.807) is 13.8 Å². The zero-order valence-corrected chi connectivity index (χ0v) is 19.4. The number of benzene rings is 1. The highest BCUT2D eigenvalue weighted by atomic mass is 35.5. The van der Waals surface area contributed by atoms with Gasteiger partial charge in [0, 0.05) is 12.5 Å². The maximum atomic E-state index is 13.1. The van der Waals surface area contributed by atoms with E-state index in [0.29, 0.717) is 17.6 Å². The van der Waals surface area contributed by atoms with Crippen LogP contribution < -0.4 is 5.43 Å². The Morgan fingerprint density at radius 1 is 0.969 bits per heavy atom. The topological polar surface area (TPSA) is 87.5 Å². The van der Waals surface area contributed by atoms with E-state index in [1.807, 2.05) is 48.7 Å². The Bertz CT molecular complexity index is 1170. The molecule has 170 valence electrons. The number of imidazole rings is 1. The summed E-state index contributed by atoms with van der Waals surface area (Å²) in [5, 5.41) is 0. The molecular formula is C24H27ClN2O5. The zero-order chi connectivity index (χ0) is 22.5. The van der Waals surface area contributed by atoms with Gasteiger partial charge in [-0.3, -0.25) is 4.79 Å². The Morgan fingerprint density at radius 2 is 1.53 bits per heavy atom. The summed E-state index contributed by atoms with van der Waals surface area (Å²) in [7, 11) is 0. The number of ether oxygens (including phenoxy) is 2. The van der Waals surface area contributed by atoms with Crippen LogP contribution in [0.3, 0.4) is 0 Å². The highest BCUT2D eigenvalue weighted by molar-refractivity contribution is 5.98. The van der Waals surface area contributed by atoms with Gasteiger partial charge in [-0.15, -0.1) is 12.4 Å². The van der Waals surface area contributed by atoms with E-state index in [1.165, 1.54) is 12.1 Å². The Morgan fingerprint density at radius 3 is 2.06 bits per heavy atom. The van der Waals surface area contributed by atoms with Crippen molar-refractivity contribution in [3.05, 3.63) is 75.2 Å². The summed E-state index contributed by atoms with van der Waals surface area (Å²) in [5.41, 5.74) is 0.871. The molecule has 0 aliphatic heterocycles. The number of hydrogen-bond acceptors (Lipinski definition) is 6. The van der Waals surface area contributed by atoms with Crippen LogP contribution in [0.5, 0.6) is 0 Å². The molecule has 2 aromatic carbocycles. The van der Waals surface area contributed by atoms with Gasteiger partial charge in [0.1, 0.15) is 17.0 Å². The van der Waals surface area contributed by atoms with Crippen LogP contribution in [0.4, 0.5) is 0 Å². The Kier molecular flexibility index (Phi) is 8.55. The number of hydrogen-bond donors (Lipinski definition) is 0. The molecule has 1 aromatic heterocycles. The third kappa shape index (κ3) is 5.16. The van der Waals surface area contributed by atoms with Crippen LogP contribution >= 0.6 is 12.4 Å². The molecule has 0 bridgehead atoms. The molecule has 0 saturated carbocycles. The average molecular weight is 459 g/mol. The second kappa shape index (κ2) is 10.9. The van der Waals surface area contributed by atoms with Crippen LogP contribution in [0.25, 0.3) is 11.0 Å². The van der Waals surface area contributed by atoms with E-state index in [9.17, 15) is 14.4 Å². The van der Waals surface area contributed by atoms with Gasteiger partial charge in [-0.1, -0.05) is 44.2 Å². The minimum atomic E-state index is -0.792. The monoisotopic (exact) mass is 458 g/mol. The number of nitrogens with zero attached hydrogens (tertiary/aromatic N) is 2. The molecule has 0 N–H and O–H groups in total. The molecule has 3 rings (SSSR count). The highest BCUT2D eigenvalue weighted by Crippen LogP contribution is 2.24. The fraction of sp³-hybridized carbons (Fsp3) is 0.333. The van der Waals surface area contributed by atoms with Gasteiger partial charge in [0.15, 0.2) is 0 Å². The van der Waals surface area contributed by atoms with Crippen LogP contribution in [0, 0.1) is 0 Å². The second-order valence-electron chi connectivity index (χ2n) is 7.35. The van der Waals surface area contributed by atoms with E-state index in [-0.39, 0.29) is 42.7 Å². The van der Waals surface area contributed by atoms with E-state index in [2.05, 4.69) is 0 Å². The van der Waals surface area contributed by atoms with Crippen molar-refractivity contribution >= 4 is 35.4 Å². The number of rotatable bonds is 7. The minimum Gasteiger partial charge on any atom is -0.462 e. The molecular weight excluding hydrogens is 432 g/mol. The Labute approximate surface area is 192 Å². The van der Waals surface area contributed by atoms with Gasteiger partial charge in [-0.25, -0.2) is 14.6 Å². The van der Waals surface area contributed by atoms with Crippen LogP contribution in [-0.4, -0.2) is 34.7 Å². The molecule has 0 aliphatic rings. The summed E-state index contributed by atoms with van der Waals surface area (Å²) in [5.74, 6) is -0.722. The SMILES string of the molecule is CCOC(=O)c1cc2nc(C(C)C)n(Cc3ccccc3)c2cc(C(=O)OCC)c1=O.Cl. The van der Waals surface area contributed by atoms with Crippen molar-refractivity contribution < 1.29 is 19.1 Å². The van der Waals surface area contributed by atoms with Gasteiger partial charge in [-0.05, 0) is 31.5 Å². The van der Waals surface area contributed by atoms with E-state index < -0.39 is 17.4 Å². The van der Waals surface area contributed by atoms with Crippen LogP contribution in [0.1, 0.15) is 65.7 Å². The summed E-state index contributed by atoms with van der Waals surface area (Å²) in [6.45, 7) is 8.05. The van der Waals surface area contributed by atoms with Gasteiger partial charge in [0.2, 0.25) is 5.43 Å². The number of halogens is 1. The van der Waals surface area contributed by atoms with Crippen molar-refractivity contribution in [2.45, 2.75) is 40.2 Å². The van der Waals surface area contributed by atoms with Crippen molar-refractivity contribution in [2.24, 2.45) is 0 Å². The first-order chi connectivity index (χ1) is 14.9. The lowest BCUT2D eigenvalue weighted by atomic mass is 10.1. The van der Waals surface area contributed by atoms with Crippen LogP contribution in [0.2, 0.25) is 0 Å². The summed E-state index contributed by atoms with van der Waals surface area (Å²) >= 11 is 0. The van der Waals surface area contributed by atoms with Gasteiger partial charge in [0.05, 0.1) is 24.2 Å². The predicted molar refractivity (Wildman–Crippen MR) is 125 cm³/mol. The Hall–Kier alpha value is -3.19. The van der Waals surface area contributed by atoms with Gasteiger partial charge in [-0.2, -0.15) is 0 Å². The number of esters is 2. The molecule has 0 atom stereocenters. The maximum absolute atomic E-state index is 13.1. The molecule has 0 amide bonds. The van der Waals surface area contributed by atoms with Crippen molar-refractivity contribution in [1.82, 2.24) is 9.55 Å². The van der Waals surface area contributed by atoms with Crippen molar-refractivity contribution in [1.29, 1.82) is 0 Å². The maximum Gasteiger partial charge on any atom is 0.342 e. The molecule has 0 spiro atoms. The van der Waals surface area contributed by atoms with Gasteiger partial charge < -0.3 is 14.0 Å². The zero-order valence-electron chi connectivity index (χ0n) is 18.6. The molecule has 7 nitrogen and oxygen atoms in total. The van der Waals surface area contributed by atoms with Crippen molar-refractivity contribution in [2.75, 3.05) is 13.2 Å². The minimum absolute atomic E-state index is 0. The smallest absolute Gasteiger partial charge is 0.342 e. The molecule has 1 heterocycles. The molecule has 0 unspecified atom stereocenters. The second-order valence-corrected chi connectivity index (χ2v) is 7.35. The molecule has 3 aromatic rings.